The van der Waals surface area contributed by atoms with Gasteiger partial charge in [-0.25, -0.2) is 0 Å². The van der Waals surface area contributed by atoms with E-state index >= 15 is 0 Å². The van der Waals surface area contributed by atoms with Crippen molar-refractivity contribution in [3.8, 4) is 0 Å². The molecule has 68 valence electrons. The summed E-state index contributed by atoms with van der Waals surface area (Å²) >= 11 is 3.39. The summed E-state index contributed by atoms with van der Waals surface area (Å²) in [6.07, 6.45) is 6.18. The van der Waals surface area contributed by atoms with Gasteiger partial charge >= 0.3 is 0 Å². The van der Waals surface area contributed by atoms with E-state index < -0.39 is 0 Å². The lowest BCUT2D eigenvalue weighted by Crippen LogP contribution is -2.40. The van der Waals surface area contributed by atoms with Crippen molar-refractivity contribution in [2.45, 2.75) is 19.4 Å². The molecular formula is C9H9BrN2O. The molecule has 0 bridgehead atoms. The lowest BCUT2D eigenvalue weighted by Gasteiger charge is -2.32. The van der Waals surface area contributed by atoms with E-state index in [1.807, 2.05) is 30.2 Å². The number of amides is 1. The minimum atomic E-state index is -0.0326. The number of amidine groups is 1. The molecule has 1 unspecified atom stereocenters. The van der Waals surface area contributed by atoms with Crippen molar-refractivity contribution in [2.24, 2.45) is 4.99 Å². The van der Waals surface area contributed by atoms with E-state index in [1.54, 1.807) is 0 Å². The first kappa shape index (κ1) is 8.69. The highest BCUT2D eigenvalue weighted by Gasteiger charge is 2.25. The topological polar surface area (TPSA) is 32.7 Å². The maximum absolute atomic E-state index is 11.1. The predicted octanol–water partition coefficient (Wildman–Crippen LogP) is 1.81. The second kappa shape index (κ2) is 3.10. The van der Waals surface area contributed by atoms with Crippen LogP contribution in [0.25, 0.3) is 0 Å². The average Bonchev–Trinajstić information content (AvgIpc) is 2.06. The van der Waals surface area contributed by atoms with Crippen molar-refractivity contribution in [1.82, 2.24) is 4.90 Å². The van der Waals surface area contributed by atoms with Gasteiger partial charge in [-0.05, 0) is 35.0 Å². The Bertz CT molecular complexity index is 344. The third kappa shape index (κ3) is 1.58. The van der Waals surface area contributed by atoms with Crippen LogP contribution >= 0.6 is 15.9 Å². The van der Waals surface area contributed by atoms with Gasteiger partial charge in [0.15, 0.2) is 0 Å². The van der Waals surface area contributed by atoms with Gasteiger partial charge in [-0.1, -0.05) is 0 Å². The number of halogens is 1. The third-order valence-electron chi connectivity index (χ3n) is 2.10. The molecule has 0 aliphatic carbocycles. The molecule has 13 heavy (non-hydrogen) atoms. The monoisotopic (exact) mass is 240 g/mol. The van der Waals surface area contributed by atoms with E-state index in [0.29, 0.717) is 6.42 Å². The van der Waals surface area contributed by atoms with Gasteiger partial charge in [0.05, 0.1) is 0 Å². The van der Waals surface area contributed by atoms with Crippen molar-refractivity contribution >= 4 is 27.7 Å². The Morgan fingerprint density at radius 1 is 1.62 bits per heavy atom. The molecule has 0 fully saturated rings. The third-order valence-corrected chi connectivity index (χ3v) is 2.57. The number of hydrogen-bond acceptors (Lipinski definition) is 2. The summed E-state index contributed by atoms with van der Waals surface area (Å²) in [5.74, 6) is 0.710. The minimum absolute atomic E-state index is 0.0326. The van der Waals surface area contributed by atoms with Crippen molar-refractivity contribution in [3.63, 3.8) is 0 Å². The number of aliphatic imine (C=N–C) groups is 1. The number of rotatable bonds is 0. The Morgan fingerprint density at radius 3 is 3.15 bits per heavy atom. The summed E-state index contributed by atoms with van der Waals surface area (Å²) in [5, 5.41) is 0. The lowest BCUT2D eigenvalue weighted by atomic mass is 10.1. The van der Waals surface area contributed by atoms with Crippen LogP contribution in [0.5, 0.6) is 0 Å². The molecule has 0 spiro atoms. The molecule has 2 aliphatic heterocycles. The van der Waals surface area contributed by atoms with Crippen LogP contribution in [-0.2, 0) is 4.79 Å². The summed E-state index contributed by atoms with van der Waals surface area (Å²) in [6.45, 7) is 2.02. The quantitative estimate of drug-likeness (QED) is 0.647. The lowest BCUT2D eigenvalue weighted by molar-refractivity contribution is -0.119. The molecule has 2 aliphatic rings. The minimum Gasteiger partial charge on any atom is -0.328 e. The van der Waals surface area contributed by atoms with Crippen LogP contribution in [0.15, 0.2) is 27.8 Å². The molecule has 0 saturated heterocycles. The fourth-order valence-electron chi connectivity index (χ4n) is 1.45. The highest BCUT2D eigenvalue weighted by Crippen LogP contribution is 2.21. The molecule has 3 nitrogen and oxygen atoms in total. The normalized spacial score (nSPS) is 26.8. The molecule has 1 atom stereocenters. The summed E-state index contributed by atoms with van der Waals surface area (Å²) in [7, 11) is 0. The van der Waals surface area contributed by atoms with Crippen LogP contribution in [0.1, 0.15) is 13.3 Å². The van der Waals surface area contributed by atoms with E-state index in [1.165, 1.54) is 0 Å². The van der Waals surface area contributed by atoms with Crippen molar-refractivity contribution in [2.75, 3.05) is 0 Å². The molecular weight excluding hydrogens is 232 g/mol. The molecule has 0 radical (unpaired) electrons. The highest BCUT2D eigenvalue weighted by atomic mass is 79.9. The van der Waals surface area contributed by atoms with Crippen LogP contribution in [0.4, 0.5) is 0 Å². The molecule has 2 rings (SSSR count). The van der Waals surface area contributed by atoms with E-state index in [0.717, 1.165) is 10.3 Å². The van der Waals surface area contributed by atoms with Crippen molar-refractivity contribution in [1.29, 1.82) is 0 Å². The van der Waals surface area contributed by atoms with Gasteiger partial charge in [-0.15, -0.1) is 0 Å². The van der Waals surface area contributed by atoms with E-state index in [-0.39, 0.29) is 11.9 Å². The maximum atomic E-state index is 11.1. The fourth-order valence-corrected chi connectivity index (χ4v) is 1.81. The van der Waals surface area contributed by atoms with E-state index in [9.17, 15) is 4.79 Å². The number of allylic oxidation sites excluding steroid dienone is 2. The van der Waals surface area contributed by atoms with Crippen LogP contribution in [0, 0.1) is 0 Å². The molecule has 0 aromatic heterocycles. The van der Waals surface area contributed by atoms with Crippen molar-refractivity contribution in [3.05, 3.63) is 22.8 Å². The smallest absolute Gasteiger partial charge is 0.249 e. The molecule has 0 aromatic carbocycles. The van der Waals surface area contributed by atoms with Crippen molar-refractivity contribution < 1.29 is 4.79 Å². The summed E-state index contributed by atoms with van der Waals surface area (Å²) in [5.41, 5.74) is 0. The van der Waals surface area contributed by atoms with Gasteiger partial charge in [0.1, 0.15) is 5.84 Å². The average molecular weight is 241 g/mol. The molecule has 2 heterocycles. The Morgan fingerprint density at radius 2 is 2.38 bits per heavy atom. The van der Waals surface area contributed by atoms with Gasteiger partial charge < -0.3 is 4.90 Å². The largest absolute Gasteiger partial charge is 0.328 e. The predicted molar refractivity (Wildman–Crippen MR) is 54.5 cm³/mol. The number of fused-ring (bicyclic) bond motifs is 1. The summed E-state index contributed by atoms with van der Waals surface area (Å²) < 4.78 is 1.01. The number of nitrogens with zero attached hydrogens (tertiary/aromatic N) is 2. The van der Waals surface area contributed by atoms with Gasteiger partial charge in [-0.2, -0.15) is 4.99 Å². The first-order chi connectivity index (χ1) is 6.16. The number of carbonyl (C=O) groups is 1. The zero-order valence-corrected chi connectivity index (χ0v) is 8.78. The molecule has 4 heteroatoms. The molecule has 0 N–H and O–H groups in total. The zero-order chi connectivity index (χ0) is 9.42. The van der Waals surface area contributed by atoms with Gasteiger partial charge in [0, 0.05) is 23.1 Å². The van der Waals surface area contributed by atoms with Crippen LogP contribution in [0.3, 0.4) is 0 Å². The zero-order valence-electron chi connectivity index (χ0n) is 7.20. The van der Waals surface area contributed by atoms with E-state index in [4.69, 9.17) is 0 Å². The number of carbonyl (C=O) groups excluding carboxylic acids is 1. The maximum Gasteiger partial charge on any atom is 0.249 e. The second-order valence-electron chi connectivity index (χ2n) is 3.17. The Balaban J connectivity index is 2.38. The highest BCUT2D eigenvalue weighted by molar-refractivity contribution is 9.11. The van der Waals surface area contributed by atoms with Crippen LogP contribution in [0.2, 0.25) is 0 Å². The van der Waals surface area contributed by atoms with Gasteiger partial charge in [0.2, 0.25) is 5.91 Å². The van der Waals surface area contributed by atoms with Crippen LogP contribution in [-0.4, -0.2) is 22.7 Å². The van der Waals surface area contributed by atoms with Crippen LogP contribution < -0.4 is 0 Å². The van der Waals surface area contributed by atoms with E-state index in [2.05, 4.69) is 20.9 Å². The molecule has 1 amide bonds. The standard InChI is InChI=1S/C9H9BrN2O/c1-6-4-9(13)11-8-3-2-7(10)5-12(6)8/h2-3,5-6H,4H2,1H3. The summed E-state index contributed by atoms with van der Waals surface area (Å²) in [4.78, 5) is 17.1. The fraction of sp³-hybridized carbons (Fsp3) is 0.333. The SMILES string of the molecule is CC1CC(=O)N=C2C=CC(Br)=CN21. The Hall–Kier alpha value is -0.900. The number of hydrogen-bond donors (Lipinski definition) is 0. The first-order valence-corrected chi connectivity index (χ1v) is 4.91. The van der Waals surface area contributed by atoms with Gasteiger partial charge in [0.25, 0.3) is 0 Å². The molecule has 0 saturated carbocycles. The first-order valence-electron chi connectivity index (χ1n) is 4.12. The summed E-state index contributed by atoms with van der Waals surface area (Å²) in [6, 6.07) is 0.206. The van der Waals surface area contributed by atoms with Gasteiger partial charge in [-0.3, -0.25) is 4.79 Å². The second-order valence-corrected chi connectivity index (χ2v) is 4.09. The Labute approximate surface area is 85.0 Å². The molecule has 0 aromatic rings. The Kier molecular flexibility index (Phi) is 2.07.